The number of nitrogens with zero attached hydrogens (tertiary/aromatic N) is 1. The third kappa shape index (κ3) is 2.42. The Bertz CT molecular complexity index is 468. The fourth-order valence-electron chi connectivity index (χ4n) is 2.08. The van der Waals surface area contributed by atoms with Crippen LogP contribution in [0.3, 0.4) is 0 Å². The van der Waals surface area contributed by atoms with Gasteiger partial charge in [0.25, 0.3) is 0 Å². The summed E-state index contributed by atoms with van der Waals surface area (Å²) in [7, 11) is 0. The van der Waals surface area contributed by atoms with Crippen LogP contribution in [0.4, 0.5) is 13.2 Å². The zero-order chi connectivity index (χ0) is 13.3. The summed E-state index contributed by atoms with van der Waals surface area (Å²) in [6, 6.07) is 4.84. The number of guanidine groups is 1. The first kappa shape index (κ1) is 12.7. The second-order valence-electron chi connectivity index (χ2n) is 4.24. The predicted octanol–water partition coefficient (Wildman–Crippen LogP) is 2.44. The summed E-state index contributed by atoms with van der Waals surface area (Å²) in [5.74, 6) is 0.282. The van der Waals surface area contributed by atoms with Gasteiger partial charge in [0.15, 0.2) is 5.96 Å². The number of hydrogen-bond donors (Lipinski definition) is 2. The summed E-state index contributed by atoms with van der Waals surface area (Å²) >= 11 is 0. The molecule has 3 nitrogen and oxygen atoms in total. The van der Waals surface area contributed by atoms with Gasteiger partial charge in [0.05, 0.1) is 17.6 Å². The Morgan fingerprint density at radius 1 is 1.39 bits per heavy atom. The Balaban J connectivity index is 2.34. The van der Waals surface area contributed by atoms with Crippen molar-refractivity contribution in [1.82, 2.24) is 5.32 Å². The standard InChI is InChI=1S/C12H14F3N3/c1-2-9-10(18-11(16)17-9)7-4-3-5-8(6-7)12(13,14)15/h3-6,9-10H,2H2,1H3,(H3,16,17,18). The number of rotatable bonds is 2. The van der Waals surface area contributed by atoms with Gasteiger partial charge in [-0.25, -0.2) is 4.99 Å². The lowest BCUT2D eigenvalue weighted by atomic mass is 9.97. The van der Waals surface area contributed by atoms with Gasteiger partial charge in [-0.2, -0.15) is 13.2 Å². The van der Waals surface area contributed by atoms with E-state index in [4.69, 9.17) is 5.73 Å². The number of halogens is 3. The van der Waals surface area contributed by atoms with E-state index >= 15 is 0 Å². The minimum absolute atomic E-state index is 0.0477. The summed E-state index contributed by atoms with van der Waals surface area (Å²) in [5, 5.41) is 2.96. The van der Waals surface area contributed by atoms with E-state index < -0.39 is 11.7 Å². The monoisotopic (exact) mass is 257 g/mol. The molecular weight excluding hydrogens is 243 g/mol. The fourth-order valence-corrected chi connectivity index (χ4v) is 2.08. The molecule has 0 fully saturated rings. The topological polar surface area (TPSA) is 50.4 Å². The molecule has 3 N–H and O–H groups in total. The molecule has 18 heavy (non-hydrogen) atoms. The molecule has 1 aliphatic heterocycles. The van der Waals surface area contributed by atoms with Crippen LogP contribution in [0.5, 0.6) is 0 Å². The highest BCUT2D eigenvalue weighted by atomic mass is 19.4. The molecule has 0 saturated heterocycles. The normalized spacial score (nSPS) is 23.7. The van der Waals surface area contributed by atoms with Crippen molar-refractivity contribution in [2.75, 3.05) is 0 Å². The van der Waals surface area contributed by atoms with Crippen LogP contribution < -0.4 is 11.1 Å². The van der Waals surface area contributed by atoms with Gasteiger partial charge < -0.3 is 11.1 Å². The molecule has 0 bridgehead atoms. The van der Waals surface area contributed by atoms with Gasteiger partial charge >= 0.3 is 6.18 Å². The SMILES string of the molecule is CCC1NC(N)=NC1c1cccc(C(F)(F)F)c1. The van der Waals surface area contributed by atoms with Crippen LogP contribution in [0.2, 0.25) is 0 Å². The number of nitrogens with one attached hydrogen (secondary N) is 1. The van der Waals surface area contributed by atoms with E-state index in [1.54, 1.807) is 6.07 Å². The molecule has 0 aromatic heterocycles. The number of aliphatic imine (C=N–C) groups is 1. The lowest BCUT2D eigenvalue weighted by Gasteiger charge is -2.18. The average Bonchev–Trinajstić information content (AvgIpc) is 2.69. The van der Waals surface area contributed by atoms with E-state index in [0.29, 0.717) is 5.56 Å². The van der Waals surface area contributed by atoms with Crippen LogP contribution >= 0.6 is 0 Å². The molecule has 1 heterocycles. The Morgan fingerprint density at radius 2 is 2.11 bits per heavy atom. The quantitative estimate of drug-likeness (QED) is 0.855. The van der Waals surface area contributed by atoms with Crippen LogP contribution in [-0.2, 0) is 6.18 Å². The van der Waals surface area contributed by atoms with Crippen molar-refractivity contribution in [2.24, 2.45) is 10.7 Å². The number of nitrogens with two attached hydrogens (primary N) is 1. The Morgan fingerprint density at radius 3 is 2.72 bits per heavy atom. The Hall–Kier alpha value is -1.72. The summed E-state index contributed by atoms with van der Waals surface area (Å²) in [6.07, 6.45) is -3.59. The van der Waals surface area contributed by atoms with Crippen molar-refractivity contribution in [1.29, 1.82) is 0 Å². The molecule has 98 valence electrons. The number of hydrogen-bond acceptors (Lipinski definition) is 3. The Labute approximate surface area is 103 Å². The van der Waals surface area contributed by atoms with Crippen LogP contribution in [-0.4, -0.2) is 12.0 Å². The van der Waals surface area contributed by atoms with Crippen molar-refractivity contribution >= 4 is 5.96 Å². The highest BCUT2D eigenvalue weighted by Gasteiger charge is 2.33. The molecule has 0 radical (unpaired) electrons. The van der Waals surface area contributed by atoms with Crippen LogP contribution in [0.25, 0.3) is 0 Å². The van der Waals surface area contributed by atoms with Crippen molar-refractivity contribution < 1.29 is 13.2 Å². The van der Waals surface area contributed by atoms with Crippen molar-refractivity contribution in [2.45, 2.75) is 31.6 Å². The molecule has 0 aliphatic carbocycles. The number of benzene rings is 1. The lowest BCUT2D eigenvalue weighted by Crippen LogP contribution is -2.35. The third-order valence-corrected chi connectivity index (χ3v) is 2.99. The van der Waals surface area contributed by atoms with Crippen LogP contribution in [0.1, 0.15) is 30.5 Å². The van der Waals surface area contributed by atoms with E-state index in [2.05, 4.69) is 10.3 Å². The van der Waals surface area contributed by atoms with E-state index in [0.717, 1.165) is 18.6 Å². The molecule has 0 amide bonds. The predicted molar refractivity (Wildman–Crippen MR) is 63.0 cm³/mol. The average molecular weight is 257 g/mol. The first-order chi connectivity index (χ1) is 8.41. The molecule has 2 rings (SSSR count). The third-order valence-electron chi connectivity index (χ3n) is 2.99. The summed E-state index contributed by atoms with van der Waals surface area (Å²) in [5.41, 5.74) is 5.44. The van der Waals surface area contributed by atoms with E-state index in [1.165, 1.54) is 6.07 Å². The molecule has 1 aromatic rings. The second-order valence-corrected chi connectivity index (χ2v) is 4.24. The molecule has 1 aliphatic rings. The lowest BCUT2D eigenvalue weighted by molar-refractivity contribution is -0.137. The summed E-state index contributed by atoms with van der Waals surface area (Å²) in [6.45, 7) is 1.94. The zero-order valence-electron chi connectivity index (χ0n) is 9.83. The maximum Gasteiger partial charge on any atom is 0.416 e. The second kappa shape index (κ2) is 4.51. The van der Waals surface area contributed by atoms with Crippen LogP contribution in [0, 0.1) is 0 Å². The molecule has 6 heteroatoms. The van der Waals surface area contributed by atoms with Crippen molar-refractivity contribution in [3.63, 3.8) is 0 Å². The maximum atomic E-state index is 12.6. The first-order valence-corrected chi connectivity index (χ1v) is 5.68. The van der Waals surface area contributed by atoms with Gasteiger partial charge in [0, 0.05) is 0 Å². The highest BCUT2D eigenvalue weighted by Crippen LogP contribution is 2.33. The molecule has 1 aromatic carbocycles. The highest BCUT2D eigenvalue weighted by molar-refractivity contribution is 5.80. The maximum absolute atomic E-state index is 12.6. The van der Waals surface area contributed by atoms with Gasteiger partial charge in [-0.05, 0) is 24.1 Å². The number of alkyl halides is 3. The van der Waals surface area contributed by atoms with Gasteiger partial charge in [-0.1, -0.05) is 19.1 Å². The zero-order valence-corrected chi connectivity index (χ0v) is 9.83. The van der Waals surface area contributed by atoms with E-state index in [1.807, 2.05) is 6.92 Å². The molecule has 2 unspecified atom stereocenters. The minimum atomic E-state index is -4.33. The van der Waals surface area contributed by atoms with Gasteiger partial charge in [0.2, 0.25) is 0 Å². The van der Waals surface area contributed by atoms with E-state index in [-0.39, 0.29) is 18.0 Å². The van der Waals surface area contributed by atoms with Gasteiger partial charge in [-0.3, -0.25) is 0 Å². The first-order valence-electron chi connectivity index (χ1n) is 5.68. The van der Waals surface area contributed by atoms with E-state index in [9.17, 15) is 13.2 Å². The molecular formula is C12H14F3N3. The summed E-state index contributed by atoms with van der Waals surface area (Å²) < 4.78 is 37.9. The Kier molecular flexibility index (Phi) is 3.19. The molecule has 0 spiro atoms. The fraction of sp³-hybridized carbons (Fsp3) is 0.417. The van der Waals surface area contributed by atoms with Gasteiger partial charge in [0.1, 0.15) is 0 Å². The van der Waals surface area contributed by atoms with Crippen molar-refractivity contribution in [3.8, 4) is 0 Å². The van der Waals surface area contributed by atoms with Crippen LogP contribution in [0.15, 0.2) is 29.3 Å². The van der Waals surface area contributed by atoms with Gasteiger partial charge in [-0.15, -0.1) is 0 Å². The minimum Gasteiger partial charge on any atom is -0.370 e. The largest absolute Gasteiger partial charge is 0.416 e. The van der Waals surface area contributed by atoms with Crippen molar-refractivity contribution in [3.05, 3.63) is 35.4 Å². The smallest absolute Gasteiger partial charge is 0.370 e. The molecule has 0 saturated carbocycles. The summed E-state index contributed by atoms with van der Waals surface area (Å²) in [4.78, 5) is 4.15. The molecule has 2 atom stereocenters.